The highest BCUT2D eigenvalue weighted by Gasteiger charge is 2.07. The molecule has 3 heterocycles. The van der Waals surface area contributed by atoms with E-state index in [1.165, 1.54) is 0 Å². The Morgan fingerprint density at radius 3 is 2.83 bits per heavy atom. The molecule has 18 heavy (non-hydrogen) atoms. The van der Waals surface area contributed by atoms with Crippen molar-refractivity contribution in [3.8, 4) is 11.3 Å². The standard InChI is InChI=1S/C14H10N4/c1-2-4-9(5-3-1)11-8-12-14(17-11)16-10-6-7-15-13(10)18-12/h1-6,8H,7H2,(H,16,17). The van der Waals surface area contributed by atoms with Gasteiger partial charge in [-0.3, -0.25) is 4.99 Å². The average molecular weight is 234 g/mol. The lowest BCUT2D eigenvalue weighted by Gasteiger charge is -1.94. The van der Waals surface area contributed by atoms with Gasteiger partial charge >= 0.3 is 0 Å². The number of nitrogens with zero attached hydrogens (tertiary/aromatic N) is 3. The van der Waals surface area contributed by atoms with E-state index in [2.05, 4.69) is 32.1 Å². The third-order valence-corrected chi connectivity index (χ3v) is 3.07. The Labute approximate surface area is 103 Å². The number of rotatable bonds is 1. The molecular formula is C14H10N4. The number of aromatic nitrogens is 3. The van der Waals surface area contributed by atoms with E-state index in [9.17, 15) is 0 Å². The summed E-state index contributed by atoms with van der Waals surface area (Å²) in [5.41, 5.74) is 4.61. The molecule has 0 saturated heterocycles. The zero-order valence-electron chi connectivity index (χ0n) is 9.59. The molecule has 3 aromatic rings. The van der Waals surface area contributed by atoms with E-state index in [0.29, 0.717) is 6.54 Å². The van der Waals surface area contributed by atoms with Crippen LogP contribution in [0.5, 0.6) is 0 Å². The second kappa shape index (κ2) is 3.50. The lowest BCUT2D eigenvalue weighted by atomic mass is 10.2. The first kappa shape index (κ1) is 9.53. The highest BCUT2D eigenvalue weighted by molar-refractivity contribution is 5.79. The van der Waals surface area contributed by atoms with E-state index in [1.807, 2.05) is 30.3 Å². The third kappa shape index (κ3) is 1.35. The van der Waals surface area contributed by atoms with Crippen molar-refractivity contribution in [3.05, 3.63) is 47.2 Å². The predicted octanol–water partition coefficient (Wildman–Crippen LogP) is 1.04. The maximum absolute atomic E-state index is 4.53. The van der Waals surface area contributed by atoms with Crippen LogP contribution in [-0.4, -0.2) is 21.5 Å². The van der Waals surface area contributed by atoms with Crippen molar-refractivity contribution in [1.29, 1.82) is 0 Å². The summed E-state index contributed by atoms with van der Waals surface area (Å²) in [7, 11) is 0. The van der Waals surface area contributed by atoms with E-state index in [4.69, 9.17) is 0 Å². The monoisotopic (exact) mass is 234 g/mol. The van der Waals surface area contributed by atoms with Crippen molar-refractivity contribution >= 4 is 17.2 Å². The Kier molecular flexibility index (Phi) is 1.85. The van der Waals surface area contributed by atoms with Crippen LogP contribution in [-0.2, 0) is 0 Å². The summed E-state index contributed by atoms with van der Waals surface area (Å²) < 4.78 is 0. The molecule has 0 atom stereocenters. The molecule has 0 aliphatic carbocycles. The van der Waals surface area contributed by atoms with Crippen LogP contribution < -0.4 is 10.8 Å². The predicted molar refractivity (Wildman–Crippen MR) is 69.4 cm³/mol. The van der Waals surface area contributed by atoms with Gasteiger partial charge in [-0.1, -0.05) is 30.3 Å². The first-order chi connectivity index (χ1) is 8.90. The number of H-pyrrole nitrogens is 1. The van der Waals surface area contributed by atoms with E-state index in [-0.39, 0.29) is 0 Å². The van der Waals surface area contributed by atoms with Crippen LogP contribution in [0.2, 0.25) is 0 Å². The summed E-state index contributed by atoms with van der Waals surface area (Å²) in [6.45, 7) is 0.688. The zero-order chi connectivity index (χ0) is 11.9. The van der Waals surface area contributed by atoms with Crippen molar-refractivity contribution in [2.75, 3.05) is 6.54 Å². The number of fused-ring (bicyclic) bond motifs is 2. The summed E-state index contributed by atoms with van der Waals surface area (Å²) >= 11 is 0. The molecule has 0 bridgehead atoms. The van der Waals surface area contributed by atoms with Gasteiger partial charge in [0.25, 0.3) is 0 Å². The molecule has 0 saturated carbocycles. The van der Waals surface area contributed by atoms with Gasteiger partial charge in [0.05, 0.1) is 6.54 Å². The van der Waals surface area contributed by atoms with Gasteiger partial charge < -0.3 is 4.98 Å². The van der Waals surface area contributed by atoms with E-state index < -0.39 is 0 Å². The van der Waals surface area contributed by atoms with Crippen molar-refractivity contribution < 1.29 is 0 Å². The van der Waals surface area contributed by atoms with Gasteiger partial charge in [0.15, 0.2) is 11.1 Å². The number of benzene rings is 1. The smallest absolute Gasteiger partial charge is 0.174 e. The number of nitrogens with one attached hydrogen (secondary N) is 1. The van der Waals surface area contributed by atoms with Crippen LogP contribution in [0.15, 0.2) is 41.4 Å². The van der Waals surface area contributed by atoms with Crippen molar-refractivity contribution in [3.63, 3.8) is 0 Å². The molecule has 4 rings (SSSR count). The molecule has 1 aliphatic heterocycles. The molecule has 0 spiro atoms. The Bertz CT molecular complexity index is 796. The molecule has 1 aliphatic rings. The Hall–Kier alpha value is -2.49. The van der Waals surface area contributed by atoms with Crippen LogP contribution in [0.1, 0.15) is 0 Å². The second-order valence-corrected chi connectivity index (χ2v) is 4.26. The van der Waals surface area contributed by atoms with Gasteiger partial charge in [-0.15, -0.1) is 0 Å². The fourth-order valence-electron chi connectivity index (χ4n) is 2.19. The molecule has 0 radical (unpaired) electrons. The fraction of sp³-hybridized carbons (Fsp3) is 0.0714. The molecule has 1 N–H and O–H groups in total. The van der Waals surface area contributed by atoms with E-state index >= 15 is 0 Å². The van der Waals surface area contributed by atoms with Gasteiger partial charge in [0.2, 0.25) is 0 Å². The molecule has 2 aromatic heterocycles. The van der Waals surface area contributed by atoms with Crippen LogP contribution in [0.3, 0.4) is 0 Å². The quantitative estimate of drug-likeness (QED) is 0.684. The molecule has 4 nitrogen and oxygen atoms in total. The summed E-state index contributed by atoms with van der Waals surface area (Å²) in [6, 6.07) is 12.2. The number of hydrogen-bond donors (Lipinski definition) is 1. The van der Waals surface area contributed by atoms with Gasteiger partial charge in [-0.25, -0.2) is 9.97 Å². The molecule has 0 amide bonds. The third-order valence-electron chi connectivity index (χ3n) is 3.07. The van der Waals surface area contributed by atoms with Crippen molar-refractivity contribution in [2.24, 2.45) is 4.99 Å². The van der Waals surface area contributed by atoms with Crippen molar-refractivity contribution in [1.82, 2.24) is 15.0 Å². The molecule has 4 heteroatoms. The minimum atomic E-state index is 0.688. The van der Waals surface area contributed by atoms with Crippen LogP contribution in [0, 0.1) is 0 Å². The molecule has 0 fully saturated rings. The Morgan fingerprint density at radius 2 is 1.94 bits per heavy atom. The summed E-state index contributed by atoms with van der Waals surface area (Å²) in [4.78, 5) is 16.6. The zero-order valence-corrected chi connectivity index (χ0v) is 9.59. The highest BCUT2D eigenvalue weighted by Crippen LogP contribution is 2.20. The minimum absolute atomic E-state index is 0.688. The maximum atomic E-state index is 4.53. The molecule has 1 aromatic carbocycles. The molecule has 86 valence electrons. The van der Waals surface area contributed by atoms with E-state index in [1.54, 1.807) is 0 Å². The topological polar surface area (TPSA) is 53.9 Å². The number of hydrogen-bond acceptors (Lipinski definition) is 3. The summed E-state index contributed by atoms with van der Waals surface area (Å²) in [6.07, 6.45) is 1.99. The normalized spacial score (nSPS) is 13.1. The molecule has 0 unspecified atom stereocenters. The lowest BCUT2D eigenvalue weighted by Crippen LogP contribution is -2.28. The summed E-state index contributed by atoms with van der Waals surface area (Å²) in [5, 5.41) is 0.879. The van der Waals surface area contributed by atoms with Crippen LogP contribution in [0.4, 0.5) is 0 Å². The van der Waals surface area contributed by atoms with Crippen molar-refractivity contribution in [2.45, 2.75) is 0 Å². The van der Waals surface area contributed by atoms with Gasteiger partial charge in [-0.05, 0) is 17.7 Å². The second-order valence-electron chi connectivity index (χ2n) is 4.26. The van der Waals surface area contributed by atoms with Gasteiger partial charge in [-0.2, -0.15) is 0 Å². The van der Waals surface area contributed by atoms with Crippen LogP contribution >= 0.6 is 0 Å². The van der Waals surface area contributed by atoms with Gasteiger partial charge in [0.1, 0.15) is 10.9 Å². The summed E-state index contributed by atoms with van der Waals surface area (Å²) in [5.74, 6) is 0. The average Bonchev–Trinajstić information content (AvgIpc) is 3.01. The fourth-order valence-corrected chi connectivity index (χ4v) is 2.19. The lowest BCUT2D eigenvalue weighted by molar-refractivity contribution is 1.08. The minimum Gasteiger partial charge on any atom is -0.338 e. The Morgan fingerprint density at radius 1 is 1.06 bits per heavy atom. The number of aromatic amines is 1. The van der Waals surface area contributed by atoms with E-state index in [0.717, 1.165) is 33.3 Å². The van der Waals surface area contributed by atoms with Crippen LogP contribution in [0.25, 0.3) is 28.5 Å². The van der Waals surface area contributed by atoms with Gasteiger partial charge in [0, 0.05) is 5.69 Å². The Balaban J connectivity index is 1.99. The first-order valence-corrected chi connectivity index (χ1v) is 5.87. The highest BCUT2D eigenvalue weighted by atomic mass is 15.0. The first-order valence-electron chi connectivity index (χ1n) is 5.87. The SMILES string of the molecule is C1=c2nc3[nH]c(-c4ccccc4)cc3nc2=NC1. The maximum Gasteiger partial charge on any atom is 0.174 e. The molecular weight excluding hydrogens is 224 g/mol. The largest absolute Gasteiger partial charge is 0.338 e.